The van der Waals surface area contributed by atoms with Crippen LogP contribution in [-0.4, -0.2) is 25.6 Å². The standard InChI is InChI=1S/C10H15BrN2O2S/c1-6(12)3-4-13-10(14)8-5-7(15-2)9(11)16-8/h5-6H,3-4,12H2,1-2H3,(H,13,14). The van der Waals surface area contributed by atoms with Crippen molar-refractivity contribution in [3.8, 4) is 5.75 Å². The van der Waals surface area contributed by atoms with Gasteiger partial charge in [0, 0.05) is 18.7 Å². The Labute approximate surface area is 107 Å². The van der Waals surface area contributed by atoms with Gasteiger partial charge in [-0.3, -0.25) is 4.79 Å². The van der Waals surface area contributed by atoms with Crippen LogP contribution in [0.25, 0.3) is 0 Å². The van der Waals surface area contributed by atoms with Gasteiger partial charge in [0.15, 0.2) is 0 Å². The van der Waals surface area contributed by atoms with Gasteiger partial charge in [-0.15, -0.1) is 11.3 Å². The smallest absolute Gasteiger partial charge is 0.261 e. The van der Waals surface area contributed by atoms with Gasteiger partial charge < -0.3 is 15.8 Å². The predicted octanol–water partition coefficient (Wildman–Crippen LogP) is 1.99. The SMILES string of the molecule is COc1cc(C(=O)NCCC(C)N)sc1Br. The number of carbonyl (C=O) groups is 1. The van der Waals surface area contributed by atoms with E-state index in [0.29, 0.717) is 17.2 Å². The average molecular weight is 307 g/mol. The fourth-order valence-corrected chi connectivity index (χ4v) is 2.67. The van der Waals surface area contributed by atoms with Crippen molar-refractivity contribution in [1.29, 1.82) is 0 Å². The molecule has 0 spiro atoms. The first-order valence-electron chi connectivity index (χ1n) is 4.91. The summed E-state index contributed by atoms with van der Waals surface area (Å²) < 4.78 is 5.91. The molecule has 0 aromatic carbocycles. The first kappa shape index (κ1) is 13.5. The summed E-state index contributed by atoms with van der Waals surface area (Å²) in [5.41, 5.74) is 5.59. The second-order valence-corrected chi connectivity index (χ2v) is 5.84. The number of halogens is 1. The summed E-state index contributed by atoms with van der Waals surface area (Å²) in [6.45, 7) is 2.51. The summed E-state index contributed by atoms with van der Waals surface area (Å²) in [6, 6.07) is 1.82. The number of ether oxygens (including phenoxy) is 1. The molecule has 1 amide bonds. The number of nitrogens with one attached hydrogen (secondary N) is 1. The molecule has 90 valence electrons. The van der Waals surface area contributed by atoms with E-state index in [1.54, 1.807) is 13.2 Å². The Bertz CT molecular complexity index is 366. The summed E-state index contributed by atoms with van der Waals surface area (Å²) in [5, 5.41) is 2.81. The van der Waals surface area contributed by atoms with E-state index in [1.807, 2.05) is 6.92 Å². The maximum Gasteiger partial charge on any atom is 0.261 e. The van der Waals surface area contributed by atoms with Crippen molar-refractivity contribution in [2.45, 2.75) is 19.4 Å². The zero-order chi connectivity index (χ0) is 12.1. The number of thiophene rings is 1. The zero-order valence-electron chi connectivity index (χ0n) is 9.25. The molecule has 1 heterocycles. The third kappa shape index (κ3) is 3.77. The van der Waals surface area contributed by atoms with E-state index in [4.69, 9.17) is 10.5 Å². The molecular weight excluding hydrogens is 292 g/mol. The first-order valence-corrected chi connectivity index (χ1v) is 6.52. The summed E-state index contributed by atoms with van der Waals surface area (Å²) in [5.74, 6) is 0.594. The fraction of sp³-hybridized carbons (Fsp3) is 0.500. The lowest BCUT2D eigenvalue weighted by molar-refractivity contribution is 0.0956. The Hall–Kier alpha value is -0.590. The van der Waals surface area contributed by atoms with Crippen LogP contribution in [-0.2, 0) is 0 Å². The molecule has 0 aliphatic heterocycles. The maximum absolute atomic E-state index is 11.7. The van der Waals surface area contributed by atoms with E-state index < -0.39 is 0 Å². The fourth-order valence-electron chi connectivity index (χ4n) is 1.10. The Kier molecular flexibility index (Phi) is 5.24. The second kappa shape index (κ2) is 6.22. The molecule has 6 heteroatoms. The van der Waals surface area contributed by atoms with Gasteiger partial charge in [0.2, 0.25) is 0 Å². The van der Waals surface area contributed by atoms with E-state index in [2.05, 4.69) is 21.2 Å². The molecule has 0 aliphatic carbocycles. The summed E-state index contributed by atoms with van der Waals surface area (Å²) in [7, 11) is 1.57. The van der Waals surface area contributed by atoms with Crippen molar-refractivity contribution in [3.05, 3.63) is 14.7 Å². The lowest BCUT2D eigenvalue weighted by atomic mass is 10.2. The minimum absolute atomic E-state index is 0.0883. The highest BCUT2D eigenvalue weighted by atomic mass is 79.9. The van der Waals surface area contributed by atoms with Crippen LogP contribution in [0.2, 0.25) is 0 Å². The monoisotopic (exact) mass is 306 g/mol. The molecule has 0 saturated heterocycles. The van der Waals surface area contributed by atoms with E-state index in [-0.39, 0.29) is 11.9 Å². The molecule has 16 heavy (non-hydrogen) atoms. The molecule has 1 aromatic rings. The summed E-state index contributed by atoms with van der Waals surface area (Å²) in [4.78, 5) is 12.3. The third-order valence-corrected chi connectivity index (χ3v) is 3.76. The quantitative estimate of drug-likeness (QED) is 0.874. The first-order chi connectivity index (χ1) is 7.54. The Morgan fingerprint density at radius 1 is 1.75 bits per heavy atom. The molecule has 0 aliphatic rings. The van der Waals surface area contributed by atoms with E-state index in [1.165, 1.54) is 11.3 Å². The lowest BCUT2D eigenvalue weighted by Crippen LogP contribution is -2.28. The number of rotatable bonds is 5. The van der Waals surface area contributed by atoms with Crippen molar-refractivity contribution >= 4 is 33.2 Å². The average Bonchev–Trinajstić information content (AvgIpc) is 2.59. The molecule has 1 aromatic heterocycles. The molecule has 1 atom stereocenters. The van der Waals surface area contributed by atoms with Gasteiger partial charge in [-0.1, -0.05) is 0 Å². The van der Waals surface area contributed by atoms with E-state index in [9.17, 15) is 4.79 Å². The largest absolute Gasteiger partial charge is 0.495 e. The zero-order valence-corrected chi connectivity index (χ0v) is 11.7. The highest BCUT2D eigenvalue weighted by Gasteiger charge is 2.13. The number of amides is 1. The molecule has 0 fully saturated rings. The van der Waals surface area contributed by atoms with Gasteiger partial charge in [0.05, 0.1) is 12.0 Å². The number of methoxy groups -OCH3 is 1. The van der Waals surface area contributed by atoms with Crippen LogP contribution < -0.4 is 15.8 Å². The maximum atomic E-state index is 11.7. The summed E-state index contributed by atoms with van der Waals surface area (Å²) in [6.07, 6.45) is 0.773. The van der Waals surface area contributed by atoms with Gasteiger partial charge in [-0.25, -0.2) is 0 Å². The van der Waals surface area contributed by atoms with Crippen molar-refractivity contribution in [3.63, 3.8) is 0 Å². The van der Waals surface area contributed by atoms with Crippen LogP contribution >= 0.6 is 27.3 Å². The van der Waals surface area contributed by atoms with Crippen LogP contribution in [0, 0.1) is 0 Å². The van der Waals surface area contributed by atoms with Crippen molar-refractivity contribution in [2.24, 2.45) is 5.73 Å². The molecular formula is C10H15BrN2O2S. The van der Waals surface area contributed by atoms with Crippen molar-refractivity contribution in [2.75, 3.05) is 13.7 Å². The number of carbonyl (C=O) groups excluding carboxylic acids is 1. The highest BCUT2D eigenvalue weighted by molar-refractivity contribution is 9.11. The highest BCUT2D eigenvalue weighted by Crippen LogP contribution is 2.34. The van der Waals surface area contributed by atoms with Crippen LogP contribution in [0.15, 0.2) is 9.85 Å². The van der Waals surface area contributed by atoms with Gasteiger partial charge in [0.1, 0.15) is 9.54 Å². The Balaban J connectivity index is 2.52. The minimum Gasteiger partial charge on any atom is -0.495 e. The summed E-state index contributed by atoms with van der Waals surface area (Å²) >= 11 is 4.68. The van der Waals surface area contributed by atoms with Crippen LogP contribution in [0.5, 0.6) is 5.75 Å². The predicted molar refractivity (Wildman–Crippen MR) is 69.2 cm³/mol. The van der Waals surface area contributed by atoms with Crippen molar-refractivity contribution < 1.29 is 9.53 Å². The normalized spacial score (nSPS) is 12.2. The minimum atomic E-state index is -0.0883. The number of hydrogen-bond donors (Lipinski definition) is 2. The van der Waals surface area contributed by atoms with Crippen LogP contribution in [0.3, 0.4) is 0 Å². The van der Waals surface area contributed by atoms with E-state index in [0.717, 1.165) is 10.2 Å². The van der Waals surface area contributed by atoms with Crippen molar-refractivity contribution in [1.82, 2.24) is 5.32 Å². The number of nitrogens with two attached hydrogens (primary N) is 1. The second-order valence-electron chi connectivity index (χ2n) is 3.47. The van der Waals surface area contributed by atoms with Crippen LogP contribution in [0.4, 0.5) is 0 Å². The third-order valence-electron chi connectivity index (χ3n) is 1.98. The van der Waals surface area contributed by atoms with E-state index >= 15 is 0 Å². The molecule has 1 unspecified atom stereocenters. The molecule has 0 saturated carbocycles. The van der Waals surface area contributed by atoms with Crippen LogP contribution in [0.1, 0.15) is 23.0 Å². The number of hydrogen-bond acceptors (Lipinski definition) is 4. The van der Waals surface area contributed by atoms with Gasteiger partial charge >= 0.3 is 0 Å². The Morgan fingerprint density at radius 2 is 2.44 bits per heavy atom. The van der Waals surface area contributed by atoms with Gasteiger partial charge in [-0.05, 0) is 29.3 Å². The topological polar surface area (TPSA) is 64.3 Å². The molecule has 0 radical (unpaired) electrons. The molecule has 3 N–H and O–H groups in total. The molecule has 0 bridgehead atoms. The van der Waals surface area contributed by atoms with Gasteiger partial charge in [-0.2, -0.15) is 0 Å². The molecule has 1 rings (SSSR count). The Morgan fingerprint density at radius 3 is 2.94 bits per heavy atom. The molecule has 4 nitrogen and oxygen atoms in total. The lowest BCUT2D eigenvalue weighted by Gasteiger charge is -2.05. The van der Waals surface area contributed by atoms with Gasteiger partial charge in [0.25, 0.3) is 5.91 Å².